The number of nitrogens with one attached hydrogen (secondary N) is 2. The molecule has 3 rings (SSSR count). The number of rotatable bonds is 4. The summed E-state index contributed by atoms with van der Waals surface area (Å²) < 4.78 is 11.2. The fraction of sp³-hybridized carbons (Fsp3) is 0.176. The summed E-state index contributed by atoms with van der Waals surface area (Å²) in [6, 6.07) is 18.5. The van der Waals surface area contributed by atoms with E-state index < -0.39 is 0 Å². The van der Waals surface area contributed by atoms with Gasteiger partial charge in [-0.15, -0.1) is 0 Å². The number of amides is 2. The Hall–Kier alpha value is -3.02. The van der Waals surface area contributed by atoms with Gasteiger partial charge in [0.15, 0.2) is 6.10 Å². The van der Waals surface area contributed by atoms with Gasteiger partial charge in [-0.2, -0.15) is 0 Å². The molecule has 1 atom stereocenters. The van der Waals surface area contributed by atoms with E-state index in [1.54, 1.807) is 12.1 Å². The van der Waals surface area contributed by atoms with Gasteiger partial charge in [0.2, 0.25) is 0 Å². The normalized spacial score (nSPS) is 16.2. The van der Waals surface area contributed by atoms with E-state index in [0.717, 1.165) is 5.75 Å². The predicted molar refractivity (Wildman–Crippen MR) is 87.7 cm³/mol. The van der Waals surface area contributed by atoms with Gasteiger partial charge >= 0.3 is 6.03 Å². The highest BCUT2D eigenvalue weighted by molar-refractivity contribution is 6.00. The third-order valence-corrected chi connectivity index (χ3v) is 3.15. The third-order valence-electron chi connectivity index (χ3n) is 3.15. The van der Waals surface area contributed by atoms with Crippen LogP contribution >= 0.6 is 0 Å². The van der Waals surface area contributed by atoms with E-state index in [1.165, 1.54) is 0 Å². The SMILES string of the molecule is O=C(NC1=NCC(COc2ccccc2)O1)Nc1ccccc1. The zero-order valence-electron chi connectivity index (χ0n) is 12.4. The summed E-state index contributed by atoms with van der Waals surface area (Å²) >= 11 is 0. The molecule has 1 aliphatic rings. The van der Waals surface area contributed by atoms with Gasteiger partial charge in [0.1, 0.15) is 12.4 Å². The number of nitrogens with zero attached hydrogens (tertiary/aromatic N) is 1. The Kier molecular flexibility index (Phi) is 4.73. The van der Waals surface area contributed by atoms with Crippen LogP contribution in [0.1, 0.15) is 0 Å². The first kappa shape index (κ1) is 14.9. The molecule has 0 radical (unpaired) electrons. The fourth-order valence-corrected chi connectivity index (χ4v) is 2.06. The van der Waals surface area contributed by atoms with Crippen LogP contribution in [0.4, 0.5) is 10.5 Å². The van der Waals surface area contributed by atoms with E-state index in [4.69, 9.17) is 9.47 Å². The molecule has 2 amide bonds. The van der Waals surface area contributed by atoms with Crippen molar-refractivity contribution in [3.63, 3.8) is 0 Å². The first-order valence-electron chi connectivity index (χ1n) is 7.31. The van der Waals surface area contributed by atoms with Crippen LogP contribution in [0.5, 0.6) is 5.75 Å². The summed E-state index contributed by atoms with van der Waals surface area (Å²) in [4.78, 5) is 16.0. The van der Waals surface area contributed by atoms with Crippen LogP contribution in [0.15, 0.2) is 65.7 Å². The molecule has 118 valence electrons. The average Bonchev–Trinajstić information content (AvgIpc) is 3.02. The van der Waals surface area contributed by atoms with Crippen LogP contribution in [0.3, 0.4) is 0 Å². The second-order valence-corrected chi connectivity index (χ2v) is 4.95. The number of ether oxygens (including phenoxy) is 2. The van der Waals surface area contributed by atoms with Crippen LogP contribution in [0, 0.1) is 0 Å². The zero-order valence-corrected chi connectivity index (χ0v) is 12.4. The zero-order chi connectivity index (χ0) is 15.9. The molecular formula is C17H17N3O3. The quantitative estimate of drug-likeness (QED) is 0.912. The summed E-state index contributed by atoms with van der Waals surface area (Å²) in [5.41, 5.74) is 0.701. The van der Waals surface area contributed by atoms with Crippen LogP contribution in [0.25, 0.3) is 0 Å². The molecule has 23 heavy (non-hydrogen) atoms. The summed E-state index contributed by atoms with van der Waals surface area (Å²) in [6.07, 6.45) is -0.206. The van der Waals surface area contributed by atoms with E-state index in [-0.39, 0.29) is 18.2 Å². The second kappa shape index (κ2) is 7.31. The Morgan fingerprint density at radius 1 is 1.09 bits per heavy atom. The van der Waals surface area contributed by atoms with Crippen LogP contribution in [-0.2, 0) is 4.74 Å². The smallest absolute Gasteiger partial charge is 0.327 e. The first-order chi connectivity index (χ1) is 11.3. The van der Waals surface area contributed by atoms with E-state index in [9.17, 15) is 4.79 Å². The van der Waals surface area contributed by atoms with Crippen molar-refractivity contribution < 1.29 is 14.3 Å². The van der Waals surface area contributed by atoms with Gasteiger partial charge in [-0.25, -0.2) is 9.79 Å². The van der Waals surface area contributed by atoms with Crippen molar-refractivity contribution in [1.29, 1.82) is 0 Å². The maximum Gasteiger partial charge on any atom is 0.327 e. The minimum absolute atomic E-state index is 0.206. The molecule has 0 fully saturated rings. The molecule has 0 aromatic heterocycles. The van der Waals surface area contributed by atoms with Gasteiger partial charge in [0, 0.05) is 5.69 Å². The molecule has 2 N–H and O–H groups in total. The molecule has 0 saturated carbocycles. The molecule has 0 spiro atoms. The lowest BCUT2D eigenvalue weighted by Gasteiger charge is -2.13. The number of urea groups is 1. The Morgan fingerprint density at radius 2 is 1.78 bits per heavy atom. The largest absolute Gasteiger partial charge is 0.490 e. The van der Waals surface area contributed by atoms with Gasteiger partial charge < -0.3 is 14.8 Å². The minimum atomic E-state index is -0.389. The van der Waals surface area contributed by atoms with Gasteiger partial charge in [-0.1, -0.05) is 36.4 Å². The van der Waals surface area contributed by atoms with E-state index in [1.807, 2.05) is 48.5 Å². The molecule has 6 heteroatoms. The molecule has 1 heterocycles. The van der Waals surface area contributed by atoms with Gasteiger partial charge in [-0.3, -0.25) is 5.32 Å². The summed E-state index contributed by atoms with van der Waals surface area (Å²) in [5.74, 6) is 0.777. The fourth-order valence-electron chi connectivity index (χ4n) is 2.06. The monoisotopic (exact) mass is 311 g/mol. The van der Waals surface area contributed by atoms with Gasteiger partial charge in [0.05, 0.1) is 6.54 Å². The van der Waals surface area contributed by atoms with Crippen LogP contribution < -0.4 is 15.4 Å². The summed E-state index contributed by atoms with van der Waals surface area (Å²) in [6.45, 7) is 0.826. The van der Waals surface area contributed by atoms with Crippen molar-refractivity contribution >= 4 is 17.7 Å². The second-order valence-electron chi connectivity index (χ2n) is 4.95. The first-order valence-corrected chi connectivity index (χ1v) is 7.31. The number of carbonyl (C=O) groups is 1. The van der Waals surface area contributed by atoms with Gasteiger partial charge in [-0.05, 0) is 24.3 Å². The standard InChI is InChI=1S/C17H17N3O3/c21-16(19-13-7-3-1-4-8-13)20-17-18-11-15(23-17)12-22-14-9-5-2-6-10-14/h1-10,15H,11-12H2,(H2,18,19,20,21). The maximum absolute atomic E-state index is 11.8. The number of hydrogen-bond acceptors (Lipinski definition) is 4. The highest BCUT2D eigenvalue weighted by Crippen LogP contribution is 2.11. The lowest BCUT2D eigenvalue weighted by Crippen LogP contribution is -2.36. The predicted octanol–water partition coefficient (Wildman–Crippen LogP) is 2.64. The van der Waals surface area contributed by atoms with Crippen molar-refractivity contribution in [2.24, 2.45) is 4.99 Å². The number of amidine groups is 1. The van der Waals surface area contributed by atoms with Crippen molar-refractivity contribution in [2.75, 3.05) is 18.5 Å². The number of aliphatic imine (C=N–C) groups is 1. The topological polar surface area (TPSA) is 72.0 Å². The van der Waals surface area contributed by atoms with Crippen LogP contribution in [-0.4, -0.2) is 31.3 Å². The summed E-state index contributed by atoms with van der Waals surface area (Å²) in [7, 11) is 0. The van der Waals surface area contributed by atoms with Crippen LogP contribution in [0.2, 0.25) is 0 Å². The number of para-hydroxylation sites is 2. The van der Waals surface area contributed by atoms with Crippen molar-refractivity contribution in [3.8, 4) is 5.75 Å². The lowest BCUT2D eigenvalue weighted by molar-refractivity contribution is 0.139. The van der Waals surface area contributed by atoms with E-state index >= 15 is 0 Å². The number of carbonyl (C=O) groups excluding carboxylic acids is 1. The average molecular weight is 311 g/mol. The maximum atomic E-state index is 11.8. The van der Waals surface area contributed by atoms with E-state index in [2.05, 4.69) is 15.6 Å². The molecule has 2 aromatic carbocycles. The lowest BCUT2D eigenvalue weighted by atomic mass is 10.3. The minimum Gasteiger partial charge on any atom is -0.490 e. The third kappa shape index (κ3) is 4.47. The number of hydrogen-bond donors (Lipinski definition) is 2. The Balaban J connectivity index is 1.41. The molecule has 1 unspecified atom stereocenters. The Morgan fingerprint density at radius 3 is 2.52 bits per heavy atom. The molecule has 0 saturated heterocycles. The molecule has 2 aromatic rings. The molecular weight excluding hydrogens is 294 g/mol. The number of anilines is 1. The van der Waals surface area contributed by atoms with Crippen molar-refractivity contribution in [2.45, 2.75) is 6.10 Å². The van der Waals surface area contributed by atoms with E-state index in [0.29, 0.717) is 18.8 Å². The van der Waals surface area contributed by atoms with Crippen molar-refractivity contribution in [1.82, 2.24) is 5.32 Å². The highest BCUT2D eigenvalue weighted by atomic mass is 16.6. The Bertz CT molecular complexity index is 674. The number of benzene rings is 2. The Labute approximate surface area is 134 Å². The van der Waals surface area contributed by atoms with Gasteiger partial charge in [0.25, 0.3) is 6.02 Å². The van der Waals surface area contributed by atoms with Crippen molar-refractivity contribution in [3.05, 3.63) is 60.7 Å². The summed E-state index contributed by atoms with van der Waals surface area (Å²) in [5, 5.41) is 5.28. The highest BCUT2D eigenvalue weighted by Gasteiger charge is 2.22. The molecule has 1 aliphatic heterocycles. The molecule has 0 aliphatic carbocycles. The molecule has 6 nitrogen and oxygen atoms in total. The molecule has 0 bridgehead atoms.